The zero-order chi connectivity index (χ0) is 27.6. The van der Waals surface area contributed by atoms with Gasteiger partial charge in [0, 0.05) is 37.8 Å². The number of carbonyl (C=O) groups excluding carboxylic acids is 2. The molecule has 0 N–H and O–H groups in total. The van der Waals surface area contributed by atoms with Gasteiger partial charge in [-0.2, -0.15) is 0 Å². The van der Waals surface area contributed by atoms with E-state index in [1.54, 1.807) is 7.11 Å². The summed E-state index contributed by atoms with van der Waals surface area (Å²) in [6.45, 7) is 2.63. The number of halogens is 1. The Hall–Kier alpha value is -3.51. The summed E-state index contributed by atoms with van der Waals surface area (Å²) >= 11 is 6.48. The highest BCUT2D eigenvalue weighted by molar-refractivity contribution is 6.33. The monoisotopic (exact) mass is 557 g/mol. The number of fused-ring (bicyclic) bond motifs is 1. The molecular formula is C33H36ClN3O3. The van der Waals surface area contributed by atoms with Gasteiger partial charge in [0.25, 0.3) is 5.91 Å². The molecule has 0 bridgehead atoms. The van der Waals surface area contributed by atoms with Crippen molar-refractivity contribution in [3.8, 4) is 5.75 Å². The molecule has 1 saturated heterocycles. The lowest BCUT2D eigenvalue weighted by Crippen LogP contribution is -2.55. The van der Waals surface area contributed by atoms with Crippen LogP contribution in [-0.2, 0) is 4.79 Å². The van der Waals surface area contributed by atoms with Gasteiger partial charge in [0.05, 0.1) is 29.8 Å². The Balaban J connectivity index is 1.37. The molecule has 0 spiro atoms. The molecule has 3 aromatic carbocycles. The number of benzene rings is 3. The van der Waals surface area contributed by atoms with Gasteiger partial charge in [-0.15, -0.1) is 0 Å². The molecule has 1 saturated carbocycles. The van der Waals surface area contributed by atoms with E-state index in [1.807, 2.05) is 77.7 Å². The summed E-state index contributed by atoms with van der Waals surface area (Å²) in [7, 11) is 1.65. The van der Waals surface area contributed by atoms with E-state index in [-0.39, 0.29) is 23.9 Å². The summed E-state index contributed by atoms with van der Waals surface area (Å²) in [5.74, 6) is 0.404. The molecule has 40 heavy (non-hydrogen) atoms. The molecule has 2 amide bonds. The maximum Gasteiger partial charge on any atom is 0.254 e. The fourth-order valence-corrected chi connectivity index (χ4v) is 7.06. The number of hydrogen-bond acceptors (Lipinski definition) is 4. The molecule has 0 aromatic heterocycles. The number of anilines is 1. The Morgan fingerprint density at radius 1 is 0.850 bits per heavy atom. The van der Waals surface area contributed by atoms with Gasteiger partial charge in [0.15, 0.2) is 0 Å². The lowest BCUT2D eigenvalue weighted by Gasteiger charge is -2.48. The quantitative estimate of drug-likeness (QED) is 0.369. The van der Waals surface area contributed by atoms with E-state index in [9.17, 15) is 9.59 Å². The minimum atomic E-state index is -0.476. The van der Waals surface area contributed by atoms with Crippen molar-refractivity contribution in [2.75, 3.05) is 38.2 Å². The predicted octanol–water partition coefficient (Wildman–Crippen LogP) is 6.31. The number of nitrogens with zero attached hydrogens (tertiary/aromatic N) is 3. The van der Waals surface area contributed by atoms with Gasteiger partial charge in [-0.1, -0.05) is 73.3 Å². The highest BCUT2D eigenvalue weighted by atomic mass is 35.5. The molecule has 3 aromatic rings. The van der Waals surface area contributed by atoms with E-state index < -0.39 is 5.92 Å². The largest absolute Gasteiger partial charge is 0.497 e. The highest BCUT2D eigenvalue weighted by Crippen LogP contribution is 2.47. The normalized spacial score (nSPS) is 21.8. The van der Waals surface area contributed by atoms with Crippen molar-refractivity contribution in [2.45, 2.75) is 50.1 Å². The summed E-state index contributed by atoms with van der Waals surface area (Å²) in [6, 6.07) is 23.3. The molecule has 3 aliphatic rings. The first-order valence-corrected chi connectivity index (χ1v) is 14.8. The van der Waals surface area contributed by atoms with Gasteiger partial charge >= 0.3 is 0 Å². The van der Waals surface area contributed by atoms with Crippen LogP contribution < -0.4 is 9.64 Å². The molecule has 2 aliphatic heterocycles. The standard InChI is InChI=1S/C33H36ClN3O3/c1-40-25-17-15-23(16-18-25)31-30(33(39)36-21-19-35(20-22-36)29-14-8-7-13-28(29)34)26-11-5-6-12-27(26)32(38)37(31)24-9-3-2-4-10-24/h5-8,11-18,24,30-31H,2-4,9-10,19-22H2,1H3. The minimum Gasteiger partial charge on any atom is -0.497 e. The third-order valence-corrected chi connectivity index (χ3v) is 9.17. The molecular weight excluding hydrogens is 522 g/mol. The van der Waals surface area contributed by atoms with Crippen LogP contribution in [0.4, 0.5) is 5.69 Å². The summed E-state index contributed by atoms with van der Waals surface area (Å²) in [5, 5.41) is 0.727. The van der Waals surface area contributed by atoms with Crippen LogP contribution >= 0.6 is 11.6 Å². The zero-order valence-electron chi connectivity index (χ0n) is 23.0. The van der Waals surface area contributed by atoms with Crippen molar-refractivity contribution in [3.05, 3.63) is 94.5 Å². The first-order chi connectivity index (χ1) is 19.6. The first kappa shape index (κ1) is 26.7. The fraction of sp³-hybridized carbons (Fsp3) is 0.394. The average Bonchev–Trinajstić information content (AvgIpc) is 3.01. The second kappa shape index (κ2) is 11.5. The van der Waals surface area contributed by atoms with Gasteiger partial charge in [0.1, 0.15) is 5.75 Å². The van der Waals surface area contributed by atoms with E-state index in [1.165, 1.54) is 6.42 Å². The number of methoxy groups -OCH3 is 1. The van der Waals surface area contributed by atoms with Gasteiger partial charge in [0.2, 0.25) is 5.91 Å². The third-order valence-electron chi connectivity index (χ3n) is 8.85. The first-order valence-electron chi connectivity index (χ1n) is 14.4. The van der Waals surface area contributed by atoms with E-state index in [0.29, 0.717) is 31.7 Å². The number of ether oxygens (including phenoxy) is 1. The molecule has 2 heterocycles. The third kappa shape index (κ3) is 4.94. The van der Waals surface area contributed by atoms with Crippen molar-refractivity contribution in [1.29, 1.82) is 0 Å². The second-order valence-corrected chi connectivity index (χ2v) is 11.5. The van der Waals surface area contributed by atoms with Crippen LogP contribution in [0.15, 0.2) is 72.8 Å². The van der Waals surface area contributed by atoms with Gasteiger partial charge in [-0.3, -0.25) is 9.59 Å². The SMILES string of the molecule is COc1ccc(C2C(C(=O)N3CCN(c4ccccc4Cl)CC3)c3ccccc3C(=O)N2C2CCCCC2)cc1. The van der Waals surface area contributed by atoms with Crippen molar-refractivity contribution in [2.24, 2.45) is 0 Å². The number of amides is 2. The highest BCUT2D eigenvalue weighted by Gasteiger charge is 2.48. The molecule has 6 rings (SSSR count). The van der Waals surface area contributed by atoms with Crippen LogP contribution in [0.1, 0.15) is 65.5 Å². The van der Waals surface area contributed by atoms with Crippen LogP contribution in [0.2, 0.25) is 5.02 Å². The van der Waals surface area contributed by atoms with Crippen molar-refractivity contribution in [1.82, 2.24) is 9.80 Å². The maximum absolute atomic E-state index is 14.6. The topological polar surface area (TPSA) is 53.1 Å². The van der Waals surface area contributed by atoms with E-state index in [2.05, 4.69) is 9.80 Å². The van der Waals surface area contributed by atoms with E-state index in [0.717, 1.165) is 53.3 Å². The number of piperazine rings is 1. The second-order valence-electron chi connectivity index (χ2n) is 11.1. The lowest BCUT2D eigenvalue weighted by molar-refractivity contribution is -0.135. The number of para-hydroxylation sites is 1. The Morgan fingerprint density at radius 3 is 2.23 bits per heavy atom. The molecule has 208 valence electrons. The molecule has 2 fully saturated rings. The smallest absolute Gasteiger partial charge is 0.254 e. The van der Waals surface area contributed by atoms with Gasteiger partial charge in [-0.25, -0.2) is 0 Å². The van der Waals surface area contributed by atoms with Crippen LogP contribution in [0.3, 0.4) is 0 Å². The van der Waals surface area contributed by atoms with Crippen molar-refractivity contribution in [3.63, 3.8) is 0 Å². The summed E-state index contributed by atoms with van der Waals surface area (Å²) in [6.07, 6.45) is 5.35. The summed E-state index contributed by atoms with van der Waals surface area (Å²) in [5.41, 5.74) is 3.47. The zero-order valence-corrected chi connectivity index (χ0v) is 23.7. The fourth-order valence-electron chi connectivity index (χ4n) is 6.81. The molecule has 7 heteroatoms. The Bertz CT molecular complexity index is 1360. The molecule has 1 aliphatic carbocycles. The van der Waals surface area contributed by atoms with Crippen LogP contribution in [0, 0.1) is 0 Å². The maximum atomic E-state index is 14.6. The predicted molar refractivity (Wildman–Crippen MR) is 158 cm³/mol. The Morgan fingerprint density at radius 2 is 1.52 bits per heavy atom. The van der Waals surface area contributed by atoms with Crippen LogP contribution in [-0.4, -0.2) is 60.9 Å². The number of rotatable bonds is 5. The van der Waals surface area contributed by atoms with Crippen LogP contribution in [0.5, 0.6) is 5.75 Å². The Kier molecular flexibility index (Phi) is 7.70. The molecule has 6 nitrogen and oxygen atoms in total. The van der Waals surface area contributed by atoms with Gasteiger partial charge < -0.3 is 19.4 Å². The summed E-state index contributed by atoms with van der Waals surface area (Å²) < 4.78 is 5.43. The van der Waals surface area contributed by atoms with E-state index in [4.69, 9.17) is 16.3 Å². The average molecular weight is 558 g/mol. The van der Waals surface area contributed by atoms with Crippen molar-refractivity contribution >= 4 is 29.1 Å². The van der Waals surface area contributed by atoms with E-state index >= 15 is 0 Å². The lowest BCUT2D eigenvalue weighted by atomic mass is 9.77. The number of carbonyl (C=O) groups is 2. The molecule has 2 atom stereocenters. The molecule has 2 unspecified atom stereocenters. The van der Waals surface area contributed by atoms with Gasteiger partial charge in [-0.05, 0) is 54.3 Å². The summed E-state index contributed by atoms with van der Waals surface area (Å²) in [4.78, 5) is 35.0. The van der Waals surface area contributed by atoms with Crippen LogP contribution in [0.25, 0.3) is 0 Å². The number of hydrogen-bond donors (Lipinski definition) is 0. The Labute approximate surface area is 241 Å². The van der Waals surface area contributed by atoms with Crippen molar-refractivity contribution < 1.29 is 14.3 Å². The minimum absolute atomic E-state index is 0.0379. The molecule has 0 radical (unpaired) electrons.